The molecule has 0 aliphatic heterocycles. The first-order chi connectivity index (χ1) is 10.7. The van der Waals surface area contributed by atoms with Gasteiger partial charge in [0.25, 0.3) is 0 Å². The summed E-state index contributed by atoms with van der Waals surface area (Å²) in [7, 11) is 4.06. The zero-order chi connectivity index (χ0) is 15.4. The van der Waals surface area contributed by atoms with Crippen LogP contribution in [0.5, 0.6) is 0 Å². The van der Waals surface area contributed by atoms with Gasteiger partial charge in [-0.05, 0) is 17.7 Å². The van der Waals surface area contributed by atoms with Crippen LogP contribution in [0.4, 0.5) is 10.8 Å². The highest BCUT2D eigenvalue weighted by Crippen LogP contribution is 2.26. The van der Waals surface area contributed by atoms with Crippen molar-refractivity contribution in [1.29, 1.82) is 0 Å². The Bertz CT molecular complexity index is 759. The van der Waals surface area contributed by atoms with Gasteiger partial charge in [0, 0.05) is 36.9 Å². The molecule has 2 aromatic carbocycles. The molecule has 110 valence electrons. The number of aromatic nitrogens is 1. The molecule has 0 spiro atoms. The van der Waals surface area contributed by atoms with Gasteiger partial charge in [0.05, 0.1) is 5.69 Å². The van der Waals surface area contributed by atoms with E-state index >= 15 is 0 Å². The molecule has 0 saturated carbocycles. The lowest BCUT2D eigenvalue weighted by molar-refractivity contribution is 1.13. The van der Waals surface area contributed by atoms with Crippen molar-refractivity contribution in [3.8, 4) is 11.3 Å². The summed E-state index contributed by atoms with van der Waals surface area (Å²) in [5, 5.41) is 2.81. The fourth-order valence-corrected chi connectivity index (χ4v) is 2.72. The van der Waals surface area contributed by atoms with Crippen LogP contribution >= 0.6 is 11.3 Å². The monoisotopic (exact) mass is 307 g/mol. The Kier molecular flexibility index (Phi) is 4.30. The molecular formula is C18H17N3S. The fourth-order valence-electron chi connectivity index (χ4n) is 2.05. The van der Waals surface area contributed by atoms with Crippen LogP contribution in [0.25, 0.3) is 11.3 Å². The van der Waals surface area contributed by atoms with Gasteiger partial charge in [-0.3, -0.25) is 0 Å². The van der Waals surface area contributed by atoms with Crippen molar-refractivity contribution >= 4 is 28.4 Å². The van der Waals surface area contributed by atoms with Crippen LogP contribution in [-0.2, 0) is 0 Å². The zero-order valence-corrected chi connectivity index (χ0v) is 13.4. The summed E-state index contributed by atoms with van der Waals surface area (Å²) in [6.45, 7) is 0. The van der Waals surface area contributed by atoms with Crippen molar-refractivity contribution in [3.63, 3.8) is 0 Å². The van der Waals surface area contributed by atoms with Crippen molar-refractivity contribution in [1.82, 2.24) is 4.98 Å². The molecule has 1 aromatic heterocycles. The number of benzene rings is 2. The van der Waals surface area contributed by atoms with Gasteiger partial charge in [-0.2, -0.15) is 0 Å². The maximum atomic E-state index is 4.55. The first-order valence-corrected chi connectivity index (χ1v) is 7.93. The topological polar surface area (TPSA) is 28.5 Å². The van der Waals surface area contributed by atoms with Gasteiger partial charge in [0.2, 0.25) is 5.13 Å². The molecule has 0 unspecified atom stereocenters. The molecule has 0 radical (unpaired) electrons. The predicted molar refractivity (Wildman–Crippen MR) is 95.6 cm³/mol. The van der Waals surface area contributed by atoms with Crippen LogP contribution in [0.15, 0.2) is 65.0 Å². The average Bonchev–Trinajstić information content (AvgIpc) is 3.03. The van der Waals surface area contributed by atoms with E-state index in [1.54, 1.807) is 11.3 Å². The molecule has 0 fully saturated rings. The minimum Gasteiger partial charge on any atom is -0.378 e. The van der Waals surface area contributed by atoms with Gasteiger partial charge >= 0.3 is 0 Å². The number of rotatable bonds is 4. The van der Waals surface area contributed by atoms with Crippen LogP contribution in [0.3, 0.4) is 0 Å². The molecule has 3 aromatic rings. The number of nitrogens with zero attached hydrogens (tertiary/aromatic N) is 3. The molecule has 0 bridgehead atoms. The Morgan fingerprint density at radius 2 is 1.73 bits per heavy atom. The van der Waals surface area contributed by atoms with E-state index < -0.39 is 0 Å². The highest BCUT2D eigenvalue weighted by atomic mass is 32.1. The zero-order valence-electron chi connectivity index (χ0n) is 12.6. The van der Waals surface area contributed by atoms with E-state index in [9.17, 15) is 0 Å². The van der Waals surface area contributed by atoms with Crippen LogP contribution in [0, 0.1) is 0 Å². The van der Waals surface area contributed by atoms with Gasteiger partial charge in [-0.1, -0.05) is 42.5 Å². The largest absolute Gasteiger partial charge is 0.378 e. The van der Waals surface area contributed by atoms with E-state index in [1.165, 1.54) is 5.69 Å². The summed E-state index contributed by atoms with van der Waals surface area (Å²) in [4.78, 5) is 11.1. The van der Waals surface area contributed by atoms with Crippen LogP contribution in [0.1, 0.15) is 5.56 Å². The van der Waals surface area contributed by atoms with E-state index in [4.69, 9.17) is 0 Å². The van der Waals surface area contributed by atoms with E-state index in [2.05, 4.69) is 51.3 Å². The van der Waals surface area contributed by atoms with Crippen molar-refractivity contribution in [3.05, 3.63) is 65.5 Å². The molecule has 4 heteroatoms. The van der Waals surface area contributed by atoms with Crippen LogP contribution < -0.4 is 4.90 Å². The van der Waals surface area contributed by atoms with Crippen LogP contribution in [-0.4, -0.2) is 25.3 Å². The number of anilines is 1. The maximum Gasteiger partial charge on any atom is 0.209 e. The molecule has 1 heterocycles. The third-order valence-corrected chi connectivity index (χ3v) is 4.04. The third kappa shape index (κ3) is 3.40. The quantitative estimate of drug-likeness (QED) is 0.658. The predicted octanol–water partition coefficient (Wildman–Crippen LogP) is 4.63. The molecule has 0 saturated heterocycles. The summed E-state index contributed by atoms with van der Waals surface area (Å²) >= 11 is 1.55. The van der Waals surface area contributed by atoms with Gasteiger partial charge in [0.1, 0.15) is 0 Å². The van der Waals surface area contributed by atoms with E-state index in [-0.39, 0.29) is 0 Å². The van der Waals surface area contributed by atoms with Crippen molar-refractivity contribution in [2.24, 2.45) is 4.99 Å². The second-order valence-corrected chi connectivity index (χ2v) is 5.96. The smallest absolute Gasteiger partial charge is 0.209 e. The average molecular weight is 307 g/mol. The number of aliphatic imine (C=N–C) groups is 1. The first-order valence-electron chi connectivity index (χ1n) is 7.05. The van der Waals surface area contributed by atoms with Crippen LogP contribution in [0.2, 0.25) is 0 Å². The van der Waals surface area contributed by atoms with Gasteiger partial charge < -0.3 is 4.90 Å². The molecular weight excluding hydrogens is 290 g/mol. The van der Waals surface area contributed by atoms with E-state index in [0.29, 0.717) is 0 Å². The standard InChI is InChI=1S/C18H17N3S/c1-21(2)16-10-8-14(9-11-16)12-19-18-20-17(13-22-18)15-6-4-3-5-7-15/h3-13H,1-2H3. The second kappa shape index (κ2) is 6.54. The van der Waals surface area contributed by atoms with Crippen molar-refractivity contribution < 1.29 is 0 Å². The summed E-state index contributed by atoms with van der Waals surface area (Å²) in [5.74, 6) is 0. The Labute approximate surface area is 134 Å². The molecule has 0 atom stereocenters. The molecule has 0 amide bonds. The highest BCUT2D eigenvalue weighted by Gasteiger charge is 2.02. The molecule has 22 heavy (non-hydrogen) atoms. The lowest BCUT2D eigenvalue weighted by atomic mass is 10.2. The van der Waals surface area contributed by atoms with Gasteiger partial charge in [-0.15, -0.1) is 11.3 Å². The first kappa shape index (κ1) is 14.5. The summed E-state index contributed by atoms with van der Waals surface area (Å²) < 4.78 is 0. The molecule has 3 rings (SSSR count). The normalized spacial score (nSPS) is 11.0. The number of thiazole rings is 1. The number of hydrogen-bond donors (Lipinski definition) is 0. The molecule has 3 nitrogen and oxygen atoms in total. The summed E-state index contributed by atoms with van der Waals surface area (Å²) in [6.07, 6.45) is 1.85. The van der Waals surface area contributed by atoms with Gasteiger partial charge in [0.15, 0.2) is 0 Å². The third-order valence-electron chi connectivity index (χ3n) is 3.30. The highest BCUT2D eigenvalue weighted by molar-refractivity contribution is 7.13. The fraction of sp³-hybridized carbons (Fsp3) is 0.111. The minimum atomic E-state index is 0.774. The Morgan fingerprint density at radius 1 is 1.00 bits per heavy atom. The van der Waals surface area contributed by atoms with Crippen molar-refractivity contribution in [2.75, 3.05) is 19.0 Å². The Hall–Kier alpha value is -2.46. The summed E-state index contributed by atoms with van der Waals surface area (Å²) in [6, 6.07) is 18.4. The molecule has 0 aliphatic rings. The van der Waals surface area contributed by atoms with Crippen molar-refractivity contribution in [2.45, 2.75) is 0 Å². The van der Waals surface area contributed by atoms with E-state index in [0.717, 1.165) is 22.0 Å². The Morgan fingerprint density at radius 3 is 2.41 bits per heavy atom. The van der Waals surface area contributed by atoms with Gasteiger partial charge in [-0.25, -0.2) is 9.98 Å². The number of hydrogen-bond acceptors (Lipinski definition) is 4. The lowest BCUT2D eigenvalue weighted by Gasteiger charge is -2.11. The Balaban J connectivity index is 1.74. The minimum absolute atomic E-state index is 0.774. The lowest BCUT2D eigenvalue weighted by Crippen LogP contribution is -2.08. The van der Waals surface area contributed by atoms with E-state index in [1.807, 2.05) is 43.9 Å². The second-order valence-electron chi connectivity index (χ2n) is 5.13. The SMILES string of the molecule is CN(C)c1ccc(C=Nc2nc(-c3ccccc3)cs2)cc1. The maximum absolute atomic E-state index is 4.55. The molecule has 0 N–H and O–H groups in total. The molecule has 0 aliphatic carbocycles. The summed E-state index contributed by atoms with van der Waals surface area (Å²) in [5.41, 5.74) is 4.34.